The molecule has 0 aromatic rings. The maximum atomic E-state index is 12.9. The third kappa shape index (κ3) is 68.9. The smallest absolute Gasteiger partial charge is 0.306 e. The molecule has 0 rings (SSSR count). The van der Waals surface area contributed by atoms with E-state index in [1.54, 1.807) is 0 Å². The number of esters is 3. The van der Waals surface area contributed by atoms with E-state index in [1.807, 2.05) is 0 Å². The van der Waals surface area contributed by atoms with Crippen LogP contribution in [0.15, 0.2) is 12.2 Å². The minimum Gasteiger partial charge on any atom is -0.462 e. The molecule has 486 valence electrons. The standard InChI is InChI=1S/C76H146O6/c1-4-7-10-13-16-19-22-24-26-28-30-31-32-33-34-35-36-37-38-39-40-41-42-43-44-46-47-49-51-54-57-60-63-66-69-75(78)81-72-73(71-80-74(77)68-65-62-59-56-53-21-18-15-12-9-6-3)82-76(79)70-67-64-61-58-55-52-50-48-45-29-27-25-23-20-17-14-11-8-5-2/h25,27,73H,4-24,26,28-72H2,1-3H3/b27-25-. The highest BCUT2D eigenvalue weighted by Crippen LogP contribution is 2.20. The van der Waals surface area contributed by atoms with E-state index < -0.39 is 6.10 Å². The van der Waals surface area contributed by atoms with Gasteiger partial charge in [-0.1, -0.05) is 386 Å². The molecule has 0 aromatic heterocycles. The first-order valence-corrected chi connectivity index (χ1v) is 37.7. The van der Waals surface area contributed by atoms with Crippen LogP contribution < -0.4 is 0 Å². The normalized spacial score (nSPS) is 12.0. The Bertz CT molecular complexity index is 1280. The van der Waals surface area contributed by atoms with Crippen molar-refractivity contribution < 1.29 is 28.6 Å². The molecule has 0 N–H and O–H groups in total. The molecule has 0 radical (unpaired) electrons. The highest BCUT2D eigenvalue weighted by Gasteiger charge is 2.20. The number of unbranched alkanes of at least 4 members (excludes halogenated alkanes) is 58. The molecule has 82 heavy (non-hydrogen) atoms. The van der Waals surface area contributed by atoms with Gasteiger partial charge >= 0.3 is 17.9 Å². The molecule has 0 aliphatic heterocycles. The molecule has 1 atom stereocenters. The fourth-order valence-electron chi connectivity index (χ4n) is 11.9. The molecule has 0 bridgehead atoms. The van der Waals surface area contributed by atoms with Crippen molar-refractivity contribution in [3.05, 3.63) is 12.2 Å². The van der Waals surface area contributed by atoms with Crippen LogP contribution in [0.2, 0.25) is 0 Å². The molecule has 0 spiro atoms. The lowest BCUT2D eigenvalue weighted by Crippen LogP contribution is -2.30. The van der Waals surface area contributed by atoms with Crippen molar-refractivity contribution in [1.29, 1.82) is 0 Å². The number of ether oxygens (including phenoxy) is 3. The van der Waals surface area contributed by atoms with Crippen LogP contribution in [0.25, 0.3) is 0 Å². The van der Waals surface area contributed by atoms with E-state index in [0.717, 1.165) is 57.8 Å². The second-order valence-electron chi connectivity index (χ2n) is 25.9. The Morgan fingerprint density at radius 1 is 0.232 bits per heavy atom. The number of carbonyl (C=O) groups is 3. The summed E-state index contributed by atoms with van der Waals surface area (Å²) in [5, 5.41) is 0. The third-order valence-electron chi connectivity index (χ3n) is 17.5. The predicted octanol–water partition coefficient (Wildman–Crippen LogP) is 26.0. The Kier molecular flexibility index (Phi) is 70.0. The van der Waals surface area contributed by atoms with E-state index >= 15 is 0 Å². The van der Waals surface area contributed by atoms with Crippen LogP contribution >= 0.6 is 0 Å². The SMILES string of the molecule is CCCCCCCC/C=C\CCCCCCCCCCCC(=O)OC(COC(=O)CCCCCCCCCCCCC)COC(=O)CCCCCCCCCCCCCCCCCCCCCCCCCCCCCCCCCCCC. The van der Waals surface area contributed by atoms with E-state index in [-0.39, 0.29) is 31.1 Å². The molecule has 1 unspecified atom stereocenters. The lowest BCUT2D eigenvalue weighted by molar-refractivity contribution is -0.167. The Morgan fingerprint density at radius 3 is 0.610 bits per heavy atom. The van der Waals surface area contributed by atoms with Gasteiger partial charge in [0.15, 0.2) is 6.10 Å². The van der Waals surface area contributed by atoms with Crippen LogP contribution in [-0.4, -0.2) is 37.2 Å². The van der Waals surface area contributed by atoms with Gasteiger partial charge in [0.05, 0.1) is 0 Å². The minimum absolute atomic E-state index is 0.0640. The van der Waals surface area contributed by atoms with Crippen LogP contribution in [0.5, 0.6) is 0 Å². The van der Waals surface area contributed by atoms with Crippen molar-refractivity contribution in [2.75, 3.05) is 13.2 Å². The summed E-state index contributed by atoms with van der Waals surface area (Å²) in [6.07, 6.45) is 87.1. The monoisotopic (exact) mass is 1160 g/mol. The number of hydrogen-bond acceptors (Lipinski definition) is 6. The maximum Gasteiger partial charge on any atom is 0.306 e. The maximum absolute atomic E-state index is 12.9. The average molecular weight is 1160 g/mol. The molecule has 0 fully saturated rings. The van der Waals surface area contributed by atoms with Crippen LogP contribution in [0.1, 0.15) is 438 Å². The van der Waals surface area contributed by atoms with E-state index in [1.165, 1.54) is 340 Å². The first kappa shape index (κ1) is 80.2. The summed E-state index contributed by atoms with van der Waals surface area (Å²) in [4.78, 5) is 38.4. The Labute approximate surface area is 513 Å². The summed E-state index contributed by atoms with van der Waals surface area (Å²) in [6, 6.07) is 0. The molecule has 0 saturated carbocycles. The molecular weight excluding hydrogens is 1010 g/mol. The van der Waals surface area contributed by atoms with E-state index in [4.69, 9.17) is 14.2 Å². The summed E-state index contributed by atoms with van der Waals surface area (Å²) >= 11 is 0. The molecule has 0 amide bonds. The van der Waals surface area contributed by atoms with Gasteiger partial charge in [-0.15, -0.1) is 0 Å². The number of carbonyl (C=O) groups excluding carboxylic acids is 3. The number of hydrogen-bond donors (Lipinski definition) is 0. The molecule has 6 nitrogen and oxygen atoms in total. The lowest BCUT2D eigenvalue weighted by atomic mass is 10.0. The predicted molar refractivity (Wildman–Crippen MR) is 358 cm³/mol. The zero-order valence-electron chi connectivity index (χ0n) is 56.1. The fraction of sp³-hybridized carbons (Fsp3) is 0.934. The highest BCUT2D eigenvalue weighted by atomic mass is 16.6. The number of allylic oxidation sites excluding steroid dienone is 2. The summed E-state index contributed by atoms with van der Waals surface area (Å²) < 4.78 is 17.0. The molecule has 6 heteroatoms. The van der Waals surface area contributed by atoms with Crippen molar-refractivity contribution >= 4 is 17.9 Å². The van der Waals surface area contributed by atoms with Crippen LogP contribution in [0.4, 0.5) is 0 Å². The summed E-state index contributed by atoms with van der Waals surface area (Å²) in [5.74, 6) is -0.833. The lowest BCUT2D eigenvalue weighted by Gasteiger charge is -2.18. The van der Waals surface area contributed by atoms with Gasteiger partial charge in [0.1, 0.15) is 13.2 Å². The Morgan fingerprint density at radius 2 is 0.402 bits per heavy atom. The molecule has 0 saturated heterocycles. The Balaban J connectivity index is 4.03. The van der Waals surface area contributed by atoms with Crippen molar-refractivity contribution in [3.8, 4) is 0 Å². The fourth-order valence-corrected chi connectivity index (χ4v) is 11.9. The molecular formula is C76H146O6. The summed E-state index contributed by atoms with van der Waals surface area (Å²) in [7, 11) is 0. The molecule has 0 heterocycles. The quantitative estimate of drug-likeness (QED) is 0.0261. The first-order chi connectivity index (χ1) is 40.5. The highest BCUT2D eigenvalue weighted by molar-refractivity contribution is 5.71. The van der Waals surface area contributed by atoms with Crippen molar-refractivity contribution in [2.45, 2.75) is 444 Å². The largest absolute Gasteiger partial charge is 0.462 e. The zero-order chi connectivity index (χ0) is 59.2. The molecule has 0 aromatic carbocycles. The summed E-state index contributed by atoms with van der Waals surface area (Å²) in [6.45, 7) is 6.72. The van der Waals surface area contributed by atoms with E-state index in [0.29, 0.717) is 19.3 Å². The number of rotatable bonds is 71. The van der Waals surface area contributed by atoms with Crippen LogP contribution in [0, 0.1) is 0 Å². The van der Waals surface area contributed by atoms with Crippen LogP contribution in [-0.2, 0) is 28.6 Å². The van der Waals surface area contributed by atoms with Gasteiger partial charge in [0, 0.05) is 19.3 Å². The average Bonchev–Trinajstić information content (AvgIpc) is 3.47. The Hall–Kier alpha value is -1.85. The van der Waals surface area contributed by atoms with Crippen LogP contribution in [0.3, 0.4) is 0 Å². The van der Waals surface area contributed by atoms with Crippen molar-refractivity contribution in [1.82, 2.24) is 0 Å². The molecule has 0 aliphatic rings. The summed E-state index contributed by atoms with van der Waals surface area (Å²) in [5.41, 5.74) is 0. The van der Waals surface area contributed by atoms with Gasteiger partial charge in [0.25, 0.3) is 0 Å². The molecule has 0 aliphatic carbocycles. The topological polar surface area (TPSA) is 78.9 Å². The first-order valence-electron chi connectivity index (χ1n) is 37.7. The third-order valence-corrected chi connectivity index (χ3v) is 17.5. The van der Waals surface area contributed by atoms with Gasteiger partial charge in [-0.05, 0) is 44.9 Å². The van der Waals surface area contributed by atoms with Gasteiger partial charge < -0.3 is 14.2 Å². The van der Waals surface area contributed by atoms with Gasteiger partial charge in [0.2, 0.25) is 0 Å². The van der Waals surface area contributed by atoms with Gasteiger partial charge in [-0.25, -0.2) is 0 Å². The van der Waals surface area contributed by atoms with Gasteiger partial charge in [-0.3, -0.25) is 14.4 Å². The minimum atomic E-state index is -0.767. The zero-order valence-corrected chi connectivity index (χ0v) is 56.1. The van der Waals surface area contributed by atoms with E-state index in [9.17, 15) is 14.4 Å². The van der Waals surface area contributed by atoms with Crippen molar-refractivity contribution in [2.24, 2.45) is 0 Å². The van der Waals surface area contributed by atoms with Crippen molar-refractivity contribution in [3.63, 3.8) is 0 Å². The second kappa shape index (κ2) is 71.6. The van der Waals surface area contributed by atoms with Gasteiger partial charge in [-0.2, -0.15) is 0 Å². The second-order valence-corrected chi connectivity index (χ2v) is 25.9. The van der Waals surface area contributed by atoms with E-state index in [2.05, 4.69) is 32.9 Å².